The van der Waals surface area contributed by atoms with Gasteiger partial charge < -0.3 is 9.64 Å². The molecule has 1 N–H and O–H groups in total. The zero-order valence-electron chi connectivity index (χ0n) is 20.8. The van der Waals surface area contributed by atoms with Crippen molar-refractivity contribution in [3.05, 3.63) is 62.7 Å². The molecule has 0 radical (unpaired) electrons. The van der Waals surface area contributed by atoms with Gasteiger partial charge in [-0.25, -0.2) is 9.69 Å². The summed E-state index contributed by atoms with van der Waals surface area (Å²) in [7, 11) is 0. The molecule has 4 amide bonds. The summed E-state index contributed by atoms with van der Waals surface area (Å²) in [5, 5.41) is 14.0. The molecule has 0 aromatic heterocycles. The number of carbonyl (C=O) groups is 3. The largest absolute Gasteiger partial charge is 0.372 e. The maximum atomic E-state index is 14.5. The van der Waals surface area contributed by atoms with E-state index in [1.54, 1.807) is 6.07 Å². The number of non-ortho nitro benzene ring substituents is 1. The minimum absolute atomic E-state index is 0.0916. The van der Waals surface area contributed by atoms with E-state index >= 15 is 0 Å². The lowest BCUT2D eigenvalue weighted by atomic mass is 9.66. The summed E-state index contributed by atoms with van der Waals surface area (Å²) in [6.07, 6.45) is -0.816. The van der Waals surface area contributed by atoms with E-state index in [1.807, 2.05) is 51.7 Å². The maximum Gasteiger partial charge on any atom is 0.335 e. The first-order valence-electron chi connectivity index (χ1n) is 11.9. The molecule has 4 atom stereocenters. The number of nitro benzene ring substituents is 1. The molecule has 5 rings (SSSR count). The van der Waals surface area contributed by atoms with Crippen molar-refractivity contribution in [1.29, 1.82) is 0 Å². The highest BCUT2D eigenvalue weighted by atomic mass is 16.6. The van der Waals surface area contributed by atoms with Crippen LogP contribution in [0, 0.1) is 36.3 Å². The van der Waals surface area contributed by atoms with Gasteiger partial charge in [0.2, 0.25) is 5.91 Å². The van der Waals surface area contributed by atoms with Crippen molar-refractivity contribution < 1.29 is 24.0 Å². The molecule has 2 fully saturated rings. The summed E-state index contributed by atoms with van der Waals surface area (Å²) in [5.74, 6) is -1.36. The van der Waals surface area contributed by atoms with Gasteiger partial charge in [0, 0.05) is 30.8 Å². The standard InChI is InChI=1S/C26H28N4O6/c1-13-8-14(2)21(15(3)9-13)29-24(32)26(23(31)27-25(29)33)11-18-10-19(30(34)35)6-7-20(18)28-12-16(4)36-17(5)22(26)28/h6-10,16-17,22H,11-12H2,1-5H3,(H,27,31,33)/t16-,17+,22+,26-/m1/s1. The number of morpholine rings is 1. The molecule has 188 valence electrons. The van der Waals surface area contributed by atoms with Crippen LogP contribution in [0.3, 0.4) is 0 Å². The number of nitrogens with zero attached hydrogens (tertiary/aromatic N) is 3. The van der Waals surface area contributed by atoms with E-state index in [4.69, 9.17) is 4.74 Å². The second kappa shape index (κ2) is 8.12. The Morgan fingerprint density at radius 3 is 2.39 bits per heavy atom. The van der Waals surface area contributed by atoms with E-state index in [0.717, 1.165) is 27.3 Å². The van der Waals surface area contributed by atoms with Gasteiger partial charge in [-0.05, 0) is 57.4 Å². The van der Waals surface area contributed by atoms with Crippen LogP contribution in [0.5, 0.6) is 0 Å². The van der Waals surface area contributed by atoms with Gasteiger partial charge in [0.05, 0.1) is 28.9 Å². The molecule has 2 aromatic rings. The Labute approximate surface area is 208 Å². The van der Waals surface area contributed by atoms with Crippen molar-refractivity contribution in [3.63, 3.8) is 0 Å². The zero-order chi connectivity index (χ0) is 26.1. The number of nitrogens with one attached hydrogen (secondary N) is 1. The van der Waals surface area contributed by atoms with Crippen LogP contribution in [0.2, 0.25) is 0 Å². The fourth-order valence-electron chi connectivity index (χ4n) is 6.35. The number of ether oxygens (including phenoxy) is 1. The number of anilines is 2. The molecular weight excluding hydrogens is 464 g/mol. The molecule has 2 aromatic carbocycles. The van der Waals surface area contributed by atoms with Crippen LogP contribution in [0.15, 0.2) is 30.3 Å². The fourth-order valence-corrected chi connectivity index (χ4v) is 6.35. The SMILES string of the molecule is Cc1cc(C)c(N2C(=O)NC(=O)[C@]3(Cc4cc([N+](=O)[O-])ccc4N4C[C@@H](C)O[C@@H](C)[C@H]43)C2=O)c(C)c1. The van der Waals surface area contributed by atoms with Crippen LogP contribution in [0.1, 0.15) is 36.1 Å². The Hall–Kier alpha value is -3.79. The van der Waals surface area contributed by atoms with Crippen molar-refractivity contribution in [2.24, 2.45) is 5.41 Å². The molecule has 3 heterocycles. The van der Waals surface area contributed by atoms with Gasteiger partial charge in [-0.1, -0.05) is 17.7 Å². The number of urea groups is 1. The topological polar surface area (TPSA) is 122 Å². The second-order valence-electron chi connectivity index (χ2n) is 10.1. The first-order valence-corrected chi connectivity index (χ1v) is 11.9. The summed E-state index contributed by atoms with van der Waals surface area (Å²) >= 11 is 0. The Bertz CT molecular complexity index is 1320. The van der Waals surface area contributed by atoms with Crippen LogP contribution in [-0.2, 0) is 20.7 Å². The number of hydrogen-bond acceptors (Lipinski definition) is 7. The normalized spacial score (nSPS) is 27.6. The van der Waals surface area contributed by atoms with Crippen LogP contribution in [-0.4, -0.2) is 47.6 Å². The Balaban J connectivity index is 1.73. The van der Waals surface area contributed by atoms with E-state index in [1.165, 1.54) is 12.1 Å². The molecule has 36 heavy (non-hydrogen) atoms. The molecule has 1 spiro atoms. The van der Waals surface area contributed by atoms with Crippen LogP contribution in [0.25, 0.3) is 0 Å². The first kappa shape index (κ1) is 23.9. The number of amides is 4. The summed E-state index contributed by atoms with van der Waals surface area (Å²) in [4.78, 5) is 55.4. The molecule has 10 nitrogen and oxygen atoms in total. The summed E-state index contributed by atoms with van der Waals surface area (Å²) < 4.78 is 6.10. The summed E-state index contributed by atoms with van der Waals surface area (Å²) in [6.45, 7) is 9.67. The van der Waals surface area contributed by atoms with Crippen LogP contribution < -0.4 is 15.1 Å². The lowest BCUT2D eigenvalue weighted by molar-refractivity contribution is -0.384. The number of hydrogen-bond donors (Lipinski definition) is 1. The smallest absolute Gasteiger partial charge is 0.335 e. The lowest BCUT2D eigenvalue weighted by Crippen LogP contribution is -2.76. The molecule has 2 saturated heterocycles. The molecule has 3 aliphatic rings. The third-order valence-corrected chi connectivity index (χ3v) is 7.51. The second-order valence-corrected chi connectivity index (χ2v) is 10.1. The van der Waals surface area contributed by atoms with E-state index < -0.39 is 40.3 Å². The van der Waals surface area contributed by atoms with Gasteiger partial charge in [0.1, 0.15) is 0 Å². The average Bonchev–Trinajstić information content (AvgIpc) is 2.78. The molecule has 3 aliphatic heterocycles. The average molecular weight is 493 g/mol. The number of carbonyl (C=O) groups excluding carboxylic acids is 3. The minimum atomic E-state index is -1.72. The van der Waals surface area contributed by atoms with Gasteiger partial charge in [0.15, 0.2) is 5.41 Å². The van der Waals surface area contributed by atoms with Crippen molar-refractivity contribution in [2.45, 2.75) is 59.3 Å². The van der Waals surface area contributed by atoms with E-state index in [9.17, 15) is 24.5 Å². The predicted molar refractivity (Wildman–Crippen MR) is 132 cm³/mol. The Morgan fingerprint density at radius 1 is 1.08 bits per heavy atom. The molecular formula is C26H28N4O6. The number of barbiturate groups is 1. The van der Waals surface area contributed by atoms with Crippen molar-refractivity contribution in [1.82, 2.24) is 5.32 Å². The number of nitro groups is 1. The van der Waals surface area contributed by atoms with Crippen LogP contribution in [0.4, 0.5) is 21.9 Å². The fraction of sp³-hybridized carbons (Fsp3) is 0.423. The lowest BCUT2D eigenvalue weighted by Gasteiger charge is -2.56. The molecule has 0 aliphatic carbocycles. The van der Waals surface area contributed by atoms with E-state index in [0.29, 0.717) is 17.8 Å². The molecule has 0 bridgehead atoms. The van der Waals surface area contributed by atoms with Crippen molar-refractivity contribution >= 4 is 34.9 Å². The monoisotopic (exact) mass is 492 g/mol. The van der Waals surface area contributed by atoms with Gasteiger partial charge in [-0.2, -0.15) is 0 Å². The van der Waals surface area contributed by atoms with Crippen LogP contribution >= 0.6 is 0 Å². The van der Waals surface area contributed by atoms with E-state index in [-0.39, 0.29) is 18.2 Å². The number of rotatable bonds is 2. The number of benzene rings is 2. The highest BCUT2D eigenvalue weighted by molar-refractivity contribution is 6.31. The number of imide groups is 2. The third kappa shape index (κ3) is 3.31. The quantitative estimate of drug-likeness (QED) is 0.388. The molecule has 0 unspecified atom stereocenters. The van der Waals surface area contributed by atoms with Crippen molar-refractivity contribution in [2.75, 3.05) is 16.3 Å². The minimum Gasteiger partial charge on any atom is -0.372 e. The van der Waals surface area contributed by atoms with Gasteiger partial charge >= 0.3 is 6.03 Å². The Kier molecular flexibility index (Phi) is 5.40. The maximum absolute atomic E-state index is 14.5. The van der Waals surface area contributed by atoms with Gasteiger partial charge in [0.25, 0.3) is 11.6 Å². The third-order valence-electron chi connectivity index (χ3n) is 7.51. The van der Waals surface area contributed by atoms with Crippen molar-refractivity contribution in [3.8, 4) is 0 Å². The molecule has 10 heteroatoms. The summed E-state index contributed by atoms with van der Waals surface area (Å²) in [5.41, 5.74) is 2.26. The van der Waals surface area contributed by atoms with Gasteiger partial charge in [-0.15, -0.1) is 0 Å². The number of aryl methyl sites for hydroxylation is 3. The predicted octanol–water partition coefficient (Wildman–Crippen LogP) is 3.33. The first-order chi connectivity index (χ1) is 17.0. The van der Waals surface area contributed by atoms with Gasteiger partial charge in [-0.3, -0.25) is 25.0 Å². The zero-order valence-corrected chi connectivity index (χ0v) is 20.8. The highest BCUT2D eigenvalue weighted by Crippen LogP contribution is 2.49. The molecule has 0 saturated carbocycles. The summed E-state index contributed by atoms with van der Waals surface area (Å²) in [6, 6.07) is 6.76. The Morgan fingerprint density at radius 2 is 1.75 bits per heavy atom. The van der Waals surface area contributed by atoms with E-state index in [2.05, 4.69) is 5.32 Å². The highest BCUT2D eigenvalue weighted by Gasteiger charge is 2.65. The number of fused-ring (bicyclic) bond motifs is 4.